The van der Waals surface area contributed by atoms with E-state index in [2.05, 4.69) is 4.98 Å². The maximum Gasteiger partial charge on any atom is 0.272 e. The minimum atomic E-state index is -0.289. The Hall–Kier alpha value is -2.99. The lowest BCUT2D eigenvalue weighted by Gasteiger charge is -2.55. The Labute approximate surface area is 171 Å². The molecule has 29 heavy (non-hydrogen) atoms. The summed E-state index contributed by atoms with van der Waals surface area (Å²) in [6.07, 6.45) is 5.59. The van der Waals surface area contributed by atoms with E-state index in [4.69, 9.17) is 0 Å². The SMILES string of the molecule is C/C=C/c1ccc([C@@H]2[C@@H](CO)N(C(C)=O)[C@@H]2CN(C)C(=O)c2ccccn2)cc1. The number of carbonyl (C=O) groups excluding carboxylic acids is 2. The van der Waals surface area contributed by atoms with E-state index in [0.717, 1.165) is 11.1 Å². The van der Waals surface area contributed by atoms with E-state index in [9.17, 15) is 14.7 Å². The lowest BCUT2D eigenvalue weighted by molar-refractivity contribution is -0.148. The minimum Gasteiger partial charge on any atom is -0.394 e. The number of aromatic nitrogens is 1. The molecule has 1 fully saturated rings. The van der Waals surface area contributed by atoms with Crippen LogP contribution >= 0.6 is 0 Å². The van der Waals surface area contributed by atoms with Crippen LogP contribution in [0, 0.1) is 0 Å². The third kappa shape index (κ3) is 4.22. The summed E-state index contributed by atoms with van der Waals surface area (Å²) in [5.74, 6) is -0.333. The number of benzene rings is 1. The van der Waals surface area contributed by atoms with E-state index in [0.29, 0.717) is 12.2 Å². The summed E-state index contributed by atoms with van der Waals surface area (Å²) in [6, 6.07) is 12.9. The number of aliphatic hydroxyl groups is 1. The Balaban J connectivity index is 1.84. The molecule has 1 aromatic carbocycles. The molecule has 1 aliphatic heterocycles. The molecule has 1 aliphatic rings. The van der Waals surface area contributed by atoms with Gasteiger partial charge in [-0.1, -0.05) is 42.5 Å². The normalized spacial score (nSPS) is 21.1. The molecule has 0 spiro atoms. The molecule has 6 heteroatoms. The number of likely N-dealkylation sites (N-methyl/N-ethyl adjacent to an activating group) is 1. The van der Waals surface area contributed by atoms with Crippen LogP contribution in [0.1, 0.15) is 41.4 Å². The average Bonchev–Trinajstić information content (AvgIpc) is 2.72. The molecule has 2 heterocycles. The van der Waals surface area contributed by atoms with E-state index >= 15 is 0 Å². The standard InChI is InChI=1S/C23H27N3O3/c1-4-7-17-9-11-18(12-10-17)22-20(26(16(2)28)21(22)15-27)14-25(3)23(29)19-8-5-6-13-24-19/h4-13,20-22,27H,14-15H2,1-3H3/b7-4+/t20-,21-,22+/m1/s1. The first kappa shape index (κ1) is 20.7. The molecule has 0 aliphatic carbocycles. The fourth-order valence-corrected chi connectivity index (χ4v) is 4.13. The van der Waals surface area contributed by atoms with Gasteiger partial charge >= 0.3 is 0 Å². The molecule has 6 nitrogen and oxygen atoms in total. The average molecular weight is 393 g/mol. The van der Waals surface area contributed by atoms with Crippen LogP contribution in [0.15, 0.2) is 54.7 Å². The van der Waals surface area contributed by atoms with Crippen molar-refractivity contribution in [3.05, 3.63) is 71.6 Å². The smallest absolute Gasteiger partial charge is 0.272 e. The molecule has 0 saturated carbocycles. The monoisotopic (exact) mass is 393 g/mol. The van der Waals surface area contributed by atoms with Crippen molar-refractivity contribution >= 4 is 17.9 Å². The molecule has 3 rings (SSSR count). The summed E-state index contributed by atoms with van der Waals surface area (Å²) in [6.45, 7) is 3.72. The summed E-state index contributed by atoms with van der Waals surface area (Å²) in [5, 5.41) is 9.92. The van der Waals surface area contributed by atoms with Crippen molar-refractivity contribution in [2.45, 2.75) is 31.8 Å². The Kier molecular flexibility index (Phi) is 6.44. The number of nitrogens with zero attached hydrogens (tertiary/aromatic N) is 3. The Morgan fingerprint density at radius 1 is 1.17 bits per heavy atom. The number of hydrogen-bond donors (Lipinski definition) is 1. The number of aliphatic hydroxyl groups excluding tert-OH is 1. The van der Waals surface area contributed by atoms with Crippen molar-refractivity contribution in [1.29, 1.82) is 0 Å². The molecule has 0 radical (unpaired) electrons. The number of allylic oxidation sites excluding steroid dienone is 1. The summed E-state index contributed by atoms with van der Waals surface area (Å²) >= 11 is 0. The first-order valence-corrected chi connectivity index (χ1v) is 9.76. The van der Waals surface area contributed by atoms with Crippen molar-refractivity contribution < 1.29 is 14.7 Å². The second kappa shape index (κ2) is 9.01. The number of pyridine rings is 1. The lowest BCUT2D eigenvalue weighted by atomic mass is 9.74. The van der Waals surface area contributed by atoms with Gasteiger partial charge in [0.15, 0.2) is 0 Å². The molecule has 2 aromatic rings. The molecular formula is C23H27N3O3. The molecule has 1 N–H and O–H groups in total. The Morgan fingerprint density at radius 3 is 2.45 bits per heavy atom. The maximum atomic E-state index is 12.7. The first-order valence-electron chi connectivity index (χ1n) is 9.76. The fourth-order valence-electron chi connectivity index (χ4n) is 4.13. The second-order valence-corrected chi connectivity index (χ2v) is 7.34. The lowest BCUT2D eigenvalue weighted by Crippen LogP contribution is -2.68. The highest BCUT2D eigenvalue weighted by molar-refractivity contribution is 5.92. The molecule has 0 unspecified atom stereocenters. The van der Waals surface area contributed by atoms with Crippen LogP contribution in [0.2, 0.25) is 0 Å². The van der Waals surface area contributed by atoms with Gasteiger partial charge in [0.25, 0.3) is 5.91 Å². The van der Waals surface area contributed by atoms with Crippen LogP contribution in [0.3, 0.4) is 0 Å². The molecular weight excluding hydrogens is 366 g/mol. The third-order valence-corrected chi connectivity index (χ3v) is 5.47. The van der Waals surface area contributed by atoms with Crippen LogP contribution in [-0.2, 0) is 4.79 Å². The van der Waals surface area contributed by atoms with Crippen molar-refractivity contribution in [1.82, 2.24) is 14.8 Å². The zero-order valence-corrected chi connectivity index (χ0v) is 17.0. The van der Waals surface area contributed by atoms with E-state index in [1.807, 2.05) is 43.3 Å². The number of hydrogen-bond acceptors (Lipinski definition) is 4. The van der Waals surface area contributed by atoms with E-state index < -0.39 is 0 Å². The van der Waals surface area contributed by atoms with Crippen molar-refractivity contribution in [2.75, 3.05) is 20.2 Å². The first-order chi connectivity index (χ1) is 14.0. The molecule has 3 atom stereocenters. The van der Waals surface area contributed by atoms with Gasteiger partial charge in [0.05, 0.1) is 18.7 Å². The van der Waals surface area contributed by atoms with Gasteiger partial charge in [-0.15, -0.1) is 0 Å². The van der Waals surface area contributed by atoms with E-state index in [1.165, 1.54) is 6.92 Å². The third-order valence-electron chi connectivity index (χ3n) is 5.47. The van der Waals surface area contributed by atoms with Crippen LogP contribution in [0.25, 0.3) is 6.08 Å². The molecule has 1 saturated heterocycles. The summed E-state index contributed by atoms with van der Waals surface area (Å²) < 4.78 is 0. The quantitative estimate of drug-likeness (QED) is 0.819. The van der Waals surface area contributed by atoms with Crippen molar-refractivity contribution in [2.24, 2.45) is 0 Å². The number of carbonyl (C=O) groups is 2. The van der Waals surface area contributed by atoms with E-state index in [-0.39, 0.29) is 36.4 Å². The van der Waals surface area contributed by atoms with Crippen molar-refractivity contribution in [3.8, 4) is 0 Å². The van der Waals surface area contributed by atoms with Gasteiger partial charge in [-0.05, 0) is 30.2 Å². The van der Waals surface area contributed by atoms with Gasteiger partial charge in [-0.2, -0.15) is 0 Å². The number of likely N-dealkylation sites (tertiary alicyclic amines) is 1. The Bertz CT molecular complexity index is 880. The van der Waals surface area contributed by atoms with Gasteiger partial charge in [-0.3, -0.25) is 14.6 Å². The molecule has 152 valence electrons. The largest absolute Gasteiger partial charge is 0.394 e. The number of rotatable bonds is 6. The predicted molar refractivity (Wildman–Crippen MR) is 112 cm³/mol. The maximum absolute atomic E-state index is 12.7. The summed E-state index contributed by atoms with van der Waals surface area (Å²) in [5.41, 5.74) is 2.52. The van der Waals surface area contributed by atoms with Gasteiger partial charge in [0.1, 0.15) is 5.69 Å². The molecule has 1 aromatic heterocycles. The minimum absolute atomic E-state index is 0.0393. The van der Waals surface area contributed by atoms with Crippen molar-refractivity contribution in [3.63, 3.8) is 0 Å². The van der Waals surface area contributed by atoms with Crippen LogP contribution < -0.4 is 0 Å². The van der Waals surface area contributed by atoms with Gasteiger partial charge < -0.3 is 14.9 Å². The highest BCUT2D eigenvalue weighted by Gasteiger charge is 2.50. The van der Waals surface area contributed by atoms with E-state index in [1.54, 1.807) is 41.2 Å². The fraction of sp³-hybridized carbons (Fsp3) is 0.348. The molecule has 2 amide bonds. The zero-order valence-electron chi connectivity index (χ0n) is 17.0. The van der Waals surface area contributed by atoms with Crippen LogP contribution in [0.5, 0.6) is 0 Å². The topological polar surface area (TPSA) is 73.7 Å². The highest BCUT2D eigenvalue weighted by Crippen LogP contribution is 2.41. The summed E-state index contributed by atoms with van der Waals surface area (Å²) in [7, 11) is 1.72. The summed E-state index contributed by atoms with van der Waals surface area (Å²) in [4.78, 5) is 32.3. The zero-order chi connectivity index (χ0) is 21.0. The Morgan fingerprint density at radius 2 is 1.90 bits per heavy atom. The number of amides is 2. The highest BCUT2D eigenvalue weighted by atomic mass is 16.3. The van der Waals surface area contributed by atoms with Gasteiger partial charge in [-0.25, -0.2) is 0 Å². The molecule has 0 bridgehead atoms. The van der Waals surface area contributed by atoms with Gasteiger partial charge in [0, 0.05) is 32.6 Å². The predicted octanol–water partition coefficient (Wildman–Crippen LogP) is 2.56. The van der Waals surface area contributed by atoms with Crippen LogP contribution in [-0.4, -0.2) is 64.0 Å². The second-order valence-electron chi connectivity index (χ2n) is 7.34. The van der Waals surface area contributed by atoms with Crippen LogP contribution in [0.4, 0.5) is 0 Å². The van der Waals surface area contributed by atoms with Gasteiger partial charge in [0.2, 0.25) is 5.91 Å².